The van der Waals surface area contributed by atoms with Crippen LogP contribution in [0.25, 0.3) is 0 Å². The Balaban J connectivity index is 1.79. The summed E-state index contributed by atoms with van der Waals surface area (Å²) < 4.78 is 11.5. The van der Waals surface area contributed by atoms with Gasteiger partial charge in [-0.05, 0) is 19.9 Å². The fourth-order valence-electron chi connectivity index (χ4n) is 3.17. The number of nitrogens with zero attached hydrogens (tertiary/aromatic N) is 1. The number of para-hydroxylation sites is 1. The molecule has 0 radical (unpaired) electrons. The van der Waals surface area contributed by atoms with Gasteiger partial charge >= 0.3 is 0 Å². The second kappa shape index (κ2) is 5.31. The number of nitrogens with two attached hydrogens (primary N) is 1. The van der Waals surface area contributed by atoms with Crippen LogP contribution in [0.1, 0.15) is 25.3 Å². The van der Waals surface area contributed by atoms with Crippen molar-refractivity contribution in [1.29, 1.82) is 0 Å². The predicted molar refractivity (Wildman–Crippen MR) is 79.3 cm³/mol. The molecule has 2 N–H and O–H groups in total. The molecule has 1 amide bonds. The van der Waals surface area contributed by atoms with Crippen molar-refractivity contribution in [1.82, 2.24) is 4.90 Å². The topological polar surface area (TPSA) is 64.8 Å². The van der Waals surface area contributed by atoms with Crippen molar-refractivity contribution in [3.63, 3.8) is 0 Å². The summed E-state index contributed by atoms with van der Waals surface area (Å²) in [7, 11) is 0. The molecule has 2 atom stereocenters. The Hall–Kier alpha value is -1.59. The van der Waals surface area contributed by atoms with Crippen LogP contribution in [-0.4, -0.2) is 48.8 Å². The lowest BCUT2D eigenvalue weighted by Crippen LogP contribution is -2.57. The minimum absolute atomic E-state index is 0.102. The first-order valence-electron chi connectivity index (χ1n) is 7.38. The van der Waals surface area contributed by atoms with Gasteiger partial charge in [0.2, 0.25) is 5.91 Å². The quantitative estimate of drug-likeness (QED) is 0.886. The Kier molecular flexibility index (Phi) is 3.63. The number of hydrogen-bond acceptors (Lipinski definition) is 4. The van der Waals surface area contributed by atoms with Crippen molar-refractivity contribution in [2.45, 2.75) is 31.5 Å². The third-order valence-corrected chi connectivity index (χ3v) is 4.05. The molecule has 0 aliphatic carbocycles. The Morgan fingerprint density at radius 3 is 2.95 bits per heavy atom. The van der Waals surface area contributed by atoms with Gasteiger partial charge in [-0.15, -0.1) is 0 Å². The van der Waals surface area contributed by atoms with Crippen molar-refractivity contribution in [2.75, 3.05) is 26.2 Å². The van der Waals surface area contributed by atoms with Crippen molar-refractivity contribution < 1.29 is 14.3 Å². The zero-order valence-electron chi connectivity index (χ0n) is 12.5. The third-order valence-electron chi connectivity index (χ3n) is 4.05. The van der Waals surface area contributed by atoms with Crippen LogP contribution in [0, 0.1) is 0 Å². The lowest BCUT2D eigenvalue weighted by atomic mass is 9.97. The summed E-state index contributed by atoms with van der Waals surface area (Å²) in [6.45, 7) is 5.97. The van der Waals surface area contributed by atoms with Gasteiger partial charge in [0.15, 0.2) is 0 Å². The molecule has 0 saturated carbocycles. The fourth-order valence-corrected chi connectivity index (χ4v) is 3.17. The van der Waals surface area contributed by atoms with Crippen LogP contribution in [0.2, 0.25) is 0 Å². The summed E-state index contributed by atoms with van der Waals surface area (Å²) in [5.41, 5.74) is 6.35. The van der Waals surface area contributed by atoms with Crippen LogP contribution in [0.3, 0.4) is 0 Å². The maximum Gasteiger partial charge on any atom is 0.233 e. The number of morpholine rings is 1. The molecule has 0 spiro atoms. The second-order valence-corrected chi connectivity index (χ2v) is 6.36. The lowest BCUT2D eigenvalue weighted by Gasteiger charge is -2.43. The maximum atomic E-state index is 12.9. The first kappa shape index (κ1) is 14.4. The van der Waals surface area contributed by atoms with Gasteiger partial charge in [0.25, 0.3) is 0 Å². The molecule has 0 aromatic heterocycles. The highest BCUT2D eigenvalue weighted by Crippen LogP contribution is 2.35. The van der Waals surface area contributed by atoms with Gasteiger partial charge in [-0.2, -0.15) is 0 Å². The highest BCUT2D eigenvalue weighted by atomic mass is 16.5. The Morgan fingerprint density at radius 2 is 2.19 bits per heavy atom. The van der Waals surface area contributed by atoms with Gasteiger partial charge in [-0.25, -0.2) is 0 Å². The zero-order valence-corrected chi connectivity index (χ0v) is 12.5. The molecular weight excluding hydrogens is 268 g/mol. The summed E-state index contributed by atoms with van der Waals surface area (Å²) in [5.74, 6) is 0.710. The molecule has 2 unspecified atom stereocenters. The highest BCUT2D eigenvalue weighted by molar-refractivity contribution is 5.85. The summed E-state index contributed by atoms with van der Waals surface area (Å²) in [6, 6.07) is 7.75. The van der Waals surface area contributed by atoms with Crippen LogP contribution in [0.5, 0.6) is 5.75 Å². The van der Waals surface area contributed by atoms with E-state index in [2.05, 4.69) is 0 Å². The van der Waals surface area contributed by atoms with Gasteiger partial charge in [-0.3, -0.25) is 4.79 Å². The molecule has 0 bridgehead atoms. The van der Waals surface area contributed by atoms with Crippen molar-refractivity contribution >= 4 is 5.91 Å². The molecule has 5 heteroatoms. The van der Waals surface area contributed by atoms with Crippen LogP contribution >= 0.6 is 0 Å². The minimum Gasteiger partial charge on any atom is -0.492 e. The number of carbonyl (C=O) groups excluding carboxylic acids is 1. The van der Waals surface area contributed by atoms with E-state index < -0.39 is 0 Å². The number of amides is 1. The first-order valence-corrected chi connectivity index (χ1v) is 7.38. The molecule has 114 valence electrons. The third kappa shape index (κ3) is 2.76. The Morgan fingerprint density at radius 1 is 1.43 bits per heavy atom. The molecule has 2 aliphatic rings. The second-order valence-electron chi connectivity index (χ2n) is 6.36. The SMILES string of the molecule is CC1(C)CN(C(=O)C2COc3ccccc32)CC(CN)O1. The van der Waals surface area contributed by atoms with Crippen LogP contribution in [0.15, 0.2) is 24.3 Å². The highest BCUT2D eigenvalue weighted by Gasteiger charge is 2.39. The van der Waals surface area contributed by atoms with E-state index in [0.717, 1.165) is 11.3 Å². The Labute approximate surface area is 125 Å². The number of benzene rings is 1. The minimum atomic E-state index is -0.364. The molecule has 1 aromatic rings. The van der Waals surface area contributed by atoms with Gasteiger partial charge in [0.05, 0.1) is 11.7 Å². The van der Waals surface area contributed by atoms with E-state index in [9.17, 15) is 4.79 Å². The molecule has 21 heavy (non-hydrogen) atoms. The van der Waals surface area contributed by atoms with E-state index in [4.69, 9.17) is 15.2 Å². The summed E-state index contributed by atoms with van der Waals surface area (Å²) in [5, 5.41) is 0. The molecule has 5 nitrogen and oxygen atoms in total. The van der Waals surface area contributed by atoms with Crippen molar-refractivity contribution in [2.24, 2.45) is 5.73 Å². The average molecular weight is 290 g/mol. The molecule has 3 rings (SSSR count). The molecule has 1 fully saturated rings. The fraction of sp³-hybridized carbons (Fsp3) is 0.562. The molecular formula is C16H22N2O3. The lowest BCUT2D eigenvalue weighted by molar-refractivity contribution is -0.160. The van der Waals surface area contributed by atoms with Crippen LogP contribution < -0.4 is 10.5 Å². The summed E-state index contributed by atoms with van der Waals surface area (Å²) in [6.07, 6.45) is -0.102. The molecule has 1 aromatic carbocycles. The van der Waals surface area contributed by atoms with Crippen LogP contribution in [-0.2, 0) is 9.53 Å². The average Bonchev–Trinajstić information content (AvgIpc) is 2.88. The summed E-state index contributed by atoms with van der Waals surface area (Å²) in [4.78, 5) is 14.7. The summed E-state index contributed by atoms with van der Waals surface area (Å²) >= 11 is 0. The number of ether oxygens (including phenoxy) is 2. The Bertz CT molecular complexity index is 544. The maximum absolute atomic E-state index is 12.9. The molecule has 1 saturated heterocycles. The van der Waals surface area contributed by atoms with Gasteiger partial charge < -0.3 is 20.1 Å². The normalized spacial score (nSPS) is 27.1. The number of rotatable bonds is 2. The smallest absolute Gasteiger partial charge is 0.233 e. The number of fused-ring (bicyclic) bond motifs is 1. The van der Waals surface area contributed by atoms with Crippen LogP contribution in [0.4, 0.5) is 0 Å². The van der Waals surface area contributed by atoms with E-state index in [1.807, 2.05) is 43.0 Å². The zero-order chi connectivity index (χ0) is 15.0. The number of carbonyl (C=O) groups is 1. The van der Waals surface area contributed by atoms with Gasteiger partial charge in [-0.1, -0.05) is 18.2 Å². The largest absolute Gasteiger partial charge is 0.492 e. The number of hydrogen-bond donors (Lipinski definition) is 1. The predicted octanol–water partition coefficient (Wildman–Crippen LogP) is 1.13. The van der Waals surface area contributed by atoms with E-state index in [0.29, 0.717) is 26.2 Å². The van der Waals surface area contributed by atoms with Gasteiger partial charge in [0.1, 0.15) is 18.3 Å². The van der Waals surface area contributed by atoms with E-state index in [1.165, 1.54) is 0 Å². The standard InChI is InChI=1S/C16H22N2O3/c1-16(2)10-18(8-11(7-17)21-16)15(19)13-9-20-14-6-4-3-5-12(13)14/h3-6,11,13H,7-10,17H2,1-2H3. The first-order chi connectivity index (χ1) is 10.00. The van der Waals surface area contributed by atoms with E-state index in [1.54, 1.807) is 0 Å². The molecule has 2 heterocycles. The van der Waals surface area contributed by atoms with E-state index >= 15 is 0 Å². The van der Waals surface area contributed by atoms with Crippen molar-refractivity contribution in [3.05, 3.63) is 29.8 Å². The molecule has 2 aliphatic heterocycles. The van der Waals surface area contributed by atoms with Gasteiger partial charge in [0, 0.05) is 25.2 Å². The van der Waals surface area contributed by atoms with Crippen molar-refractivity contribution in [3.8, 4) is 5.75 Å². The monoisotopic (exact) mass is 290 g/mol. The van der Waals surface area contributed by atoms with E-state index in [-0.39, 0.29) is 23.5 Å².